The quantitative estimate of drug-likeness (QED) is 0.902. The van der Waals surface area contributed by atoms with Gasteiger partial charge < -0.3 is 10.1 Å². The van der Waals surface area contributed by atoms with Gasteiger partial charge in [-0.3, -0.25) is 0 Å². The van der Waals surface area contributed by atoms with Crippen LogP contribution in [0.15, 0.2) is 18.2 Å². The molecule has 1 aliphatic heterocycles. The van der Waals surface area contributed by atoms with Crippen molar-refractivity contribution in [2.24, 2.45) is 5.92 Å². The van der Waals surface area contributed by atoms with Crippen molar-refractivity contribution in [3.63, 3.8) is 0 Å². The maximum Gasteiger partial charge on any atom is 0.139 e. The highest BCUT2D eigenvalue weighted by Gasteiger charge is 2.25. The lowest BCUT2D eigenvalue weighted by Crippen LogP contribution is -2.28. The number of benzene rings is 1. The highest BCUT2D eigenvalue weighted by Crippen LogP contribution is 2.33. The Labute approximate surface area is 112 Å². The summed E-state index contributed by atoms with van der Waals surface area (Å²) < 4.78 is 6.00. The molecular formula is C13H17Cl2NO. The fraction of sp³-hybridized carbons (Fsp3) is 0.538. The molecule has 1 aliphatic rings. The molecule has 0 saturated carbocycles. The van der Waals surface area contributed by atoms with Crippen LogP contribution >= 0.6 is 23.2 Å². The lowest BCUT2D eigenvalue weighted by atomic mass is 9.99. The van der Waals surface area contributed by atoms with Crippen LogP contribution in [0.1, 0.15) is 19.8 Å². The standard InChI is InChI=1S/C13H17Cl2NO/c1-2-11(9-6-7-16-8-9)17-12-5-3-4-10(14)13(12)15/h3-5,9,11,16H,2,6-8H2,1H3/t9-,11-/m1/s1. The van der Waals surface area contributed by atoms with Gasteiger partial charge in [0.05, 0.1) is 5.02 Å². The molecule has 0 radical (unpaired) electrons. The van der Waals surface area contributed by atoms with Crippen LogP contribution in [0.3, 0.4) is 0 Å². The minimum absolute atomic E-state index is 0.209. The maximum absolute atomic E-state index is 6.13. The third-order valence-corrected chi connectivity index (χ3v) is 4.02. The summed E-state index contributed by atoms with van der Waals surface area (Å²) in [6, 6.07) is 5.51. The minimum Gasteiger partial charge on any atom is -0.488 e. The number of hydrogen-bond donors (Lipinski definition) is 1. The molecule has 0 amide bonds. The van der Waals surface area contributed by atoms with E-state index in [4.69, 9.17) is 27.9 Å². The molecule has 4 heteroatoms. The van der Waals surface area contributed by atoms with E-state index in [9.17, 15) is 0 Å². The lowest BCUT2D eigenvalue weighted by molar-refractivity contribution is 0.138. The van der Waals surface area contributed by atoms with Crippen molar-refractivity contribution in [3.05, 3.63) is 28.2 Å². The van der Waals surface area contributed by atoms with Crippen LogP contribution < -0.4 is 10.1 Å². The molecule has 1 saturated heterocycles. The summed E-state index contributed by atoms with van der Waals surface area (Å²) in [6.07, 6.45) is 2.35. The Bertz CT molecular complexity index is 378. The first-order valence-electron chi connectivity index (χ1n) is 6.03. The molecule has 0 unspecified atom stereocenters. The predicted octanol–water partition coefficient (Wildman–Crippen LogP) is 3.76. The van der Waals surface area contributed by atoms with E-state index in [0.29, 0.717) is 21.7 Å². The third kappa shape index (κ3) is 3.06. The van der Waals surface area contributed by atoms with Crippen LogP contribution in [-0.4, -0.2) is 19.2 Å². The summed E-state index contributed by atoms with van der Waals surface area (Å²) in [5, 5.41) is 4.42. The van der Waals surface area contributed by atoms with Crippen LogP contribution in [0, 0.1) is 5.92 Å². The van der Waals surface area contributed by atoms with Gasteiger partial charge in [-0.05, 0) is 31.5 Å². The fourth-order valence-corrected chi connectivity index (χ4v) is 2.58. The molecule has 0 aromatic heterocycles. The second-order valence-corrected chi connectivity index (χ2v) is 5.15. The molecule has 0 aliphatic carbocycles. The van der Waals surface area contributed by atoms with Crippen molar-refractivity contribution in [2.75, 3.05) is 13.1 Å². The molecular weight excluding hydrogens is 257 g/mol. The molecule has 2 rings (SSSR count). The number of nitrogens with one attached hydrogen (secondary N) is 1. The second-order valence-electron chi connectivity index (χ2n) is 4.37. The summed E-state index contributed by atoms with van der Waals surface area (Å²) in [7, 11) is 0. The zero-order valence-electron chi connectivity index (χ0n) is 9.88. The first kappa shape index (κ1) is 13.0. The molecule has 1 aromatic carbocycles. The van der Waals surface area contributed by atoms with Crippen molar-refractivity contribution in [1.29, 1.82) is 0 Å². The van der Waals surface area contributed by atoms with Crippen LogP contribution in [0.5, 0.6) is 5.75 Å². The van der Waals surface area contributed by atoms with E-state index in [1.54, 1.807) is 6.07 Å². The topological polar surface area (TPSA) is 21.3 Å². The van der Waals surface area contributed by atoms with E-state index in [1.807, 2.05) is 12.1 Å². The molecule has 1 aromatic rings. The lowest BCUT2D eigenvalue weighted by Gasteiger charge is -2.23. The average Bonchev–Trinajstić information content (AvgIpc) is 2.85. The van der Waals surface area contributed by atoms with Gasteiger partial charge in [-0.15, -0.1) is 0 Å². The van der Waals surface area contributed by atoms with E-state index in [2.05, 4.69) is 12.2 Å². The van der Waals surface area contributed by atoms with Crippen molar-refractivity contribution in [1.82, 2.24) is 5.32 Å². The first-order valence-corrected chi connectivity index (χ1v) is 6.79. The predicted molar refractivity (Wildman–Crippen MR) is 72.1 cm³/mol. The van der Waals surface area contributed by atoms with E-state index in [0.717, 1.165) is 25.9 Å². The molecule has 2 nitrogen and oxygen atoms in total. The fourth-order valence-electron chi connectivity index (χ4n) is 2.25. The molecule has 0 spiro atoms. The van der Waals surface area contributed by atoms with Crippen LogP contribution in [0.4, 0.5) is 0 Å². The molecule has 94 valence electrons. The van der Waals surface area contributed by atoms with Gasteiger partial charge in [0.15, 0.2) is 0 Å². The van der Waals surface area contributed by atoms with Gasteiger partial charge in [-0.2, -0.15) is 0 Å². The largest absolute Gasteiger partial charge is 0.488 e. The van der Waals surface area contributed by atoms with Gasteiger partial charge in [0, 0.05) is 12.5 Å². The molecule has 1 heterocycles. The van der Waals surface area contributed by atoms with Crippen molar-refractivity contribution >= 4 is 23.2 Å². The van der Waals surface area contributed by atoms with Gasteiger partial charge in [0.1, 0.15) is 16.9 Å². The van der Waals surface area contributed by atoms with E-state index in [1.165, 1.54) is 0 Å². The number of rotatable bonds is 4. The number of ether oxygens (including phenoxy) is 1. The first-order chi connectivity index (χ1) is 8.22. The average molecular weight is 274 g/mol. The zero-order valence-corrected chi connectivity index (χ0v) is 11.4. The highest BCUT2D eigenvalue weighted by atomic mass is 35.5. The van der Waals surface area contributed by atoms with Crippen LogP contribution in [0.25, 0.3) is 0 Å². The second kappa shape index (κ2) is 5.94. The summed E-state index contributed by atoms with van der Waals surface area (Å²) in [4.78, 5) is 0. The number of halogens is 2. The Kier molecular flexibility index (Phi) is 4.55. The summed E-state index contributed by atoms with van der Waals surface area (Å²) in [5.74, 6) is 1.26. The van der Waals surface area contributed by atoms with Crippen molar-refractivity contribution in [3.8, 4) is 5.75 Å². The Hall–Kier alpha value is -0.440. The van der Waals surface area contributed by atoms with Crippen LogP contribution in [-0.2, 0) is 0 Å². The van der Waals surface area contributed by atoms with Crippen molar-refractivity contribution < 1.29 is 4.74 Å². The Balaban J connectivity index is 2.09. The summed E-state index contributed by atoms with van der Waals surface area (Å²) >= 11 is 12.1. The maximum atomic E-state index is 6.13. The van der Waals surface area contributed by atoms with Gasteiger partial charge in [-0.1, -0.05) is 36.2 Å². The van der Waals surface area contributed by atoms with E-state index >= 15 is 0 Å². The normalized spacial score (nSPS) is 21.5. The van der Waals surface area contributed by atoms with Gasteiger partial charge in [0.25, 0.3) is 0 Å². The summed E-state index contributed by atoms with van der Waals surface area (Å²) in [5.41, 5.74) is 0. The van der Waals surface area contributed by atoms with E-state index < -0.39 is 0 Å². The molecule has 0 bridgehead atoms. The van der Waals surface area contributed by atoms with Crippen LogP contribution in [0.2, 0.25) is 10.0 Å². The monoisotopic (exact) mass is 273 g/mol. The zero-order chi connectivity index (χ0) is 12.3. The number of hydrogen-bond acceptors (Lipinski definition) is 2. The third-order valence-electron chi connectivity index (χ3n) is 3.22. The minimum atomic E-state index is 0.209. The van der Waals surface area contributed by atoms with Gasteiger partial charge >= 0.3 is 0 Å². The van der Waals surface area contributed by atoms with Gasteiger partial charge in [0.2, 0.25) is 0 Å². The van der Waals surface area contributed by atoms with Crippen molar-refractivity contribution in [2.45, 2.75) is 25.9 Å². The Morgan fingerprint density at radius 1 is 1.47 bits per heavy atom. The SMILES string of the molecule is CC[C@@H](Oc1cccc(Cl)c1Cl)[C@@H]1CCNC1. The molecule has 17 heavy (non-hydrogen) atoms. The summed E-state index contributed by atoms with van der Waals surface area (Å²) in [6.45, 7) is 4.24. The van der Waals surface area contributed by atoms with E-state index in [-0.39, 0.29) is 6.10 Å². The Morgan fingerprint density at radius 3 is 2.94 bits per heavy atom. The highest BCUT2D eigenvalue weighted by molar-refractivity contribution is 6.42. The van der Waals surface area contributed by atoms with Gasteiger partial charge in [-0.25, -0.2) is 0 Å². The smallest absolute Gasteiger partial charge is 0.139 e. The Morgan fingerprint density at radius 2 is 2.29 bits per heavy atom. The molecule has 1 fully saturated rings. The molecule has 1 N–H and O–H groups in total. The molecule has 2 atom stereocenters.